The molecule has 20 heavy (non-hydrogen) atoms. The van der Waals surface area contributed by atoms with Crippen LogP contribution in [0, 0.1) is 5.82 Å². The van der Waals surface area contributed by atoms with Crippen molar-refractivity contribution in [2.24, 2.45) is 0 Å². The molecular formula is C14H13FN2O3. The van der Waals surface area contributed by atoms with Gasteiger partial charge in [0.1, 0.15) is 11.9 Å². The van der Waals surface area contributed by atoms with Gasteiger partial charge in [0.05, 0.1) is 6.26 Å². The molecule has 6 heteroatoms. The summed E-state index contributed by atoms with van der Waals surface area (Å²) in [6.45, 7) is 1.54. The summed E-state index contributed by atoms with van der Waals surface area (Å²) >= 11 is 0. The predicted molar refractivity (Wildman–Crippen MR) is 70.7 cm³/mol. The molecule has 0 aliphatic heterocycles. The summed E-state index contributed by atoms with van der Waals surface area (Å²) in [5.74, 6) is -1.14. The van der Waals surface area contributed by atoms with Gasteiger partial charge >= 0.3 is 0 Å². The fourth-order valence-corrected chi connectivity index (χ4v) is 1.52. The summed E-state index contributed by atoms with van der Waals surface area (Å²) in [6.07, 6.45) is 1.37. The third kappa shape index (κ3) is 3.44. The van der Waals surface area contributed by atoms with Crippen LogP contribution in [0.3, 0.4) is 0 Å². The molecule has 104 valence electrons. The summed E-state index contributed by atoms with van der Waals surface area (Å²) in [5.41, 5.74) is 0.454. The van der Waals surface area contributed by atoms with Gasteiger partial charge in [-0.2, -0.15) is 0 Å². The first-order valence-corrected chi connectivity index (χ1v) is 5.97. The van der Waals surface area contributed by atoms with E-state index in [1.165, 1.54) is 36.6 Å². The molecule has 0 radical (unpaired) electrons. The zero-order chi connectivity index (χ0) is 14.5. The lowest BCUT2D eigenvalue weighted by Gasteiger charge is -2.13. The van der Waals surface area contributed by atoms with Crippen LogP contribution in [-0.2, 0) is 4.79 Å². The monoisotopic (exact) mass is 276 g/mol. The van der Waals surface area contributed by atoms with Crippen LogP contribution in [0.25, 0.3) is 0 Å². The molecule has 0 saturated carbocycles. The topological polar surface area (TPSA) is 71.3 Å². The van der Waals surface area contributed by atoms with Crippen LogP contribution in [-0.4, -0.2) is 17.9 Å². The fourth-order valence-electron chi connectivity index (χ4n) is 1.52. The van der Waals surface area contributed by atoms with Gasteiger partial charge in [0.2, 0.25) is 5.91 Å². The lowest BCUT2D eigenvalue weighted by Crippen LogP contribution is -2.41. The highest BCUT2D eigenvalue weighted by Crippen LogP contribution is 2.08. The summed E-state index contributed by atoms with van der Waals surface area (Å²) in [7, 11) is 0. The van der Waals surface area contributed by atoms with Crippen molar-refractivity contribution >= 4 is 17.5 Å². The van der Waals surface area contributed by atoms with Gasteiger partial charge in [-0.25, -0.2) is 4.39 Å². The maximum absolute atomic E-state index is 12.7. The largest absolute Gasteiger partial charge is 0.459 e. The number of halogens is 1. The smallest absolute Gasteiger partial charge is 0.287 e. The Hall–Kier alpha value is -2.63. The minimum absolute atomic E-state index is 0.131. The maximum atomic E-state index is 12.7. The molecular weight excluding hydrogens is 263 g/mol. The third-order valence-electron chi connectivity index (χ3n) is 2.60. The molecule has 0 fully saturated rings. The number of hydrogen-bond acceptors (Lipinski definition) is 3. The van der Waals surface area contributed by atoms with Crippen molar-refractivity contribution in [3.63, 3.8) is 0 Å². The van der Waals surface area contributed by atoms with E-state index < -0.39 is 17.9 Å². The van der Waals surface area contributed by atoms with E-state index in [4.69, 9.17) is 4.42 Å². The normalized spacial score (nSPS) is 11.7. The SMILES string of the molecule is C[C@@H](NC(=O)c1ccco1)C(=O)Nc1ccc(F)cc1. The second kappa shape index (κ2) is 6.01. The van der Waals surface area contributed by atoms with Crippen molar-refractivity contribution in [1.82, 2.24) is 5.32 Å². The van der Waals surface area contributed by atoms with Crippen LogP contribution in [0.2, 0.25) is 0 Å². The Morgan fingerprint density at radius 1 is 1.20 bits per heavy atom. The van der Waals surface area contributed by atoms with Gasteiger partial charge in [0.25, 0.3) is 5.91 Å². The molecule has 0 unspecified atom stereocenters. The Bertz CT molecular complexity index is 593. The van der Waals surface area contributed by atoms with Crippen LogP contribution in [0.4, 0.5) is 10.1 Å². The van der Waals surface area contributed by atoms with Crippen molar-refractivity contribution in [2.45, 2.75) is 13.0 Å². The first-order valence-electron chi connectivity index (χ1n) is 5.97. The molecule has 2 amide bonds. The third-order valence-corrected chi connectivity index (χ3v) is 2.60. The number of amides is 2. The summed E-state index contributed by atoms with van der Waals surface area (Å²) in [5, 5.41) is 5.06. The van der Waals surface area contributed by atoms with E-state index in [2.05, 4.69) is 10.6 Å². The summed E-state index contributed by atoms with van der Waals surface area (Å²) in [6, 6.07) is 7.68. The molecule has 2 aromatic rings. The molecule has 0 aliphatic rings. The van der Waals surface area contributed by atoms with Gasteiger partial charge in [-0.15, -0.1) is 0 Å². The van der Waals surface area contributed by atoms with E-state index in [0.29, 0.717) is 5.69 Å². The number of nitrogens with one attached hydrogen (secondary N) is 2. The average molecular weight is 276 g/mol. The first-order chi connectivity index (χ1) is 9.56. The van der Waals surface area contributed by atoms with Crippen molar-refractivity contribution in [3.05, 3.63) is 54.2 Å². The maximum Gasteiger partial charge on any atom is 0.287 e. The number of furan rings is 1. The van der Waals surface area contributed by atoms with Gasteiger partial charge in [0.15, 0.2) is 5.76 Å². The molecule has 1 heterocycles. The van der Waals surface area contributed by atoms with Crippen LogP contribution in [0.5, 0.6) is 0 Å². The van der Waals surface area contributed by atoms with Gasteiger partial charge in [0, 0.05) is 5.69 Å². The van der Waals surface area contributed by atoms with E-state index in [9.17, 15) is 14.0 Å². The molecule has 5 nitrogen and oxygen atoms in total. The highest BCUT2D eigenvalue weighted by Gasteiger charge is 2.18. The van der Waals surface area contributed by atoms with E-state index >= 15 is 0 Å². The Labute approximate surface area is 114 Å². The molecule has 0 bridgehead atoms. The number of carbonyl (C=O) groups excluding carboxylic acids is 2. The lowest BCUT2D eigenvalue weighted by atomic mass is 10.2. The Kier molecular flexibility index (Phi) is 4.14. The lowest BCUT2D eigenvalue weighted by molar-refractivity contribution is -0.117. The zero-order valence-corrected chi connectivity index (χ0v) is 10.7. The van der Waals surface area contributed by atoms with Crippen molar-refractivity contribution in [3.8, 4) is 0 Å². The van der Waals surface area contributed by atoms with Crippen LogP contribution < -0.4 is 10.6 Å². The fraction of sp³-hybridized carbons (Fsp3) is 0.143. The van der Waals surface area contributed by atoms with Crippen molar-refractivity contribution in [2.75, 3.05) is 5.32 Å². The molecule has 0 spiro atoms. The van der Waals surface area contributed by atoms with E-state index in [1.54, 1.807) is 13.0 Å². The molecule has 1 atom stereocenters. The zero-order valence-electron chi connectivity index (χ0n) is 10.7. The minimum atomic E-state index is -0.752. The van der Waals surface area contributed by atoms with Gasteiger partial charge in [-0.1, -0.05) is 0 Å². The second-order valence-electron chi connectivity index (χ2n) is 4.17. The molecule has 1 aromatic heterocycles. The second-order valence-corrected chi connectivity index (χ2v) is 4.17. The van der Waals surface area contributed by atoms with Crippen molar-refractivity contribution < 1.29 is 18.4 Å². The molecule has 2 rings (SSSR count). The van der Waals surface area contributed by atoms with E-state index in [1.807, 2.05) is 0 Å². The Morgan fingerprint density at radius 2 is 1.90 bits per heavy atom. The van der Waals surface area contributed by atoms with Gasteiger partial charge in [-0.05, 0) is 43.3 Å². The summed E-state index contributed by atoms with van der Waals surface area (Å²) < 4.78 is 17.7. The molecule has 0 saturated heterocycles. The first kappa shape index (κ1) is 13.8. The van der Waals surface area contributed by atoms with Crippen LogP contribution in [0.1, 0.15) is 17.5 Å². The van der Waals surface area contributed by atoms with Crippen LogP contribution >= 0.6 is 0 Å². The van der Waals surface area contributed by atoms with Gasteiger partial charge in [-0.3, -0.25) is 9.59 Å². The summed E-state index contributed by atoms with van der Waals surface area (Å²) in [4.78, 5) is 23.5. The van der Waals surface area contributed by atoms with Gasteiger partial charge < -0.3 is 15.1 Å². The number of hydrogen-bond donors (Lipinski definition) is 2. The average Bonchev–Trinajstić information content (AvgIpc) is 2.95. The number of carbonyl (C=O) groups is 2. The highest BCUT2D eigenvalue weighted by molar-refractivity contribution is 5.99. The molecule has 0 aliphatic carbocycles. The Balaban J connectivity index is 1.92. The van der Waals surface area contributed by atoms with Crippen LogP contribution in [0.15, 0.2) is 47.1 Å². The van der Waals surface area contributed by atoms with E-state index in [0.717, 1.165) is 0 Å². The Morgan fingerprint density at radius 3 is 2.50 bits per heavy atom. The van der Waals surface area contributed by atoms with E-state index in [-0.39, 0.29) is 11.6 Å². The number of anilines is 1. The standard InChI is InChI=1S/C14H13FN2O3/c1-9(16-14(19)12-3-2-8-20-12)13(18)17-11-6-4-10(15)5-7-11/h2-9H,1H3,(H,16,19)(H,17,18)/t9-/m1/s1. The molecule has 1 aromatic carbocycles. The molecule has 2 N–H and O–H groups in total. The van der Waals surface area contributed by atoms with Crippen molar-refractivity contribution in [1.29, 1.82) is 0 Å². The minimum Gasteiger partial charge on any atom is -0.459 e. The number of rotatable bonds is 4. The quantitative estimate of drug-likeness (QED) is 0.899. The number of benzene rings is 1. The predicted octanol–water partition coefficient (Wildman–Crippen LogP) is 2.18. The highest BCUT2D eigenvalue weighted by atomic mass is 19.1.